The van der Waals surface area contributed by atoms with Crippen LogP contribution < -0.4 is 10.9 Å². The maximum Gasteiger partial charge on any atom is 0.274 e. The van der Waals surface area contributed by atoms with Crippen LogP contribution in [0.5, 0.6) is 0 Å². The molecular formula is C27H26N4O2S. The van der Waals surface area contributed by atoms with E-state index in [1.165, 1.54) is 0 Å². The molecule has 3 aromatic heterocycles. The number of amides is 1. The number of benzene rings is 1. The Hall–Kier alpha value is -3.45. The van der Waals surface area contributed by atoms with Crippen LogP contribution in [0.3, 0.4) is 0 Å². The molecule has 6 rings (SSSR count). The maximum atomic E-state index is 13.3. The van der Waals surface area contributed by atoms with Crippen LogP contribution in [0.1, 0.15) is 28.5 Å². The lowest BCUT2D eigenvalue weighted by atomic mass is 9.83. The third kappa shape index (κ3) is 4.01. The Labute approximate surface area is 201 Å². The van der Waals surface area contributed by atoms with Crippen molar-refractivity contribution < 1.29 is 4.79 Å². The third-order valence-electron chi connectivity index (χ3n) is 6.99. The van der Waals surface area contributed by atoms with Crippen molar-refractivity contribution in [2.24, 2.45) is 5.92 Å². The van der Waals surface area contributed by atoms with E-state index in [0.29, 0.717) is 37.7 Å². The monoisotopic (exact) mass is 470 g/mol. The molecule has 4 aromatic rings. The standard InChI is InChI=1S/C27H26N4O2S/c32-26(12-22-5-3-9-34-22)30-15-19-11-21(17-30)25-8-7-24(27(33)31(25)16-19)29-14-18-10-20-4-1-2-6-23(20)28-13-18/h1-10,13,19,21,29H,11-12,14-17H2/t19-,21-/m1/s1. The van der Waals surface area contributed by atoms with E-state index in [0.717, 1.165) is 40.0 Å². The summed E-state index contributed by atoms with van der Waals surface area (Å²) in [6, 6.07) is 18.1. The van der Waals surface area contributed by atoms with Crippen LogP contribution in [0.25, 0.3) is 10.9 Å². The van der Waals surface area contributed by atoms with Gasteiger partial charge in [-0.25, -0.2) is 0 Å². The molecule has 1 N–H and O–H groups in total. The minimum atomic E-state index is 0.0271. The SMILES string of the molecule is O=C(Cc1cccs1)N1C[C@H]2C[C@H](C1)c1ccc(NCc3cnc4ccccc4c3)c(=O)n1C2. The second kappa shape index (κ2) is 8.72. The fourth-order valence-corrected chi connectivity index (χ4v) is 6.06. The summed E-state index contributed by atoms with van der Waals surface area (Å²) >= 11 is 1.63. The Kier molecular flexibility index (Phi) is 5.41. The van der Waals surface area contributed by atoms with Crippen molar-refractivity contribution in [1.29, 1.82) is 0 Å². The van der Waals surface area contributed by atoms with E-state index in [4.69, 9.17) is 0 Å². The second-order valence-electron chi connectivity index (χ2n) is 9.33. The molecule has 2 bridgehead atoms. The van der Waals surface area contributed by atoms with Gasteiger partial charge in [-0.3, -0.25) is 14.6 Å². The number of carbonyl (C=O) groups excluding carboxylic acids is 1. The van der Waals surface area contributed by atoms with Crippen molar-refractivity contribution in [3.8, 4) is 0 Å². The number of anilines is 1. The van der Waals surface area contributed by atoms with Crippen molar-refractivity contribution in [3.05, 3.63) is 92.7 Å². The van der Waals surface area contributed by atoms with Gasteiger partial charge >= 0.3 is 0 Å². The lowest BCUT2D eigenvalue weighted by Crippen LogP contribution is -2.49. The average molecular weight is 471 g/mol. The topological polar surface area (TPSA) is 67.2 Å². The highest BCUT2D eigenvalue weighted by atomic mass is 32.1. The Morgan fingerprint density at radius 1 is 1.09 bits per heavy atom. The number of hydrogen-bond acceptors (Lipinski definition) is 5. The Morgan fingerprint density at radius 3 is 2.88 bits per heavy atom. The number of hydrogen-bond donors (Lipinski definition) is 1. The van der Waals surface area contributed by atoms with Gasteiger partial charge in [0.1, 0.15) is 5.69 Å². The Balaban J connectivity index is 1.18. The normalized spacial score (nSPS) is 19.1. The number of carbonyl (C=O) groups is 1. The lowest BCUT2D eigenvalue weighted by molar-refractivity contribution is -0.133. The molecule has 2 aliphatic rings. The zero-order chi connectivity index (χ0) is 23.1. The molecule has 0 spiro atoms. The van der Waals surface area contributed by atoms with E-state index in [2.05, 4.69) is 22.4 Å². The fraction of sp³-hybridized carbons (Fsp3) is 0.296. The summed E-state index contributed by atoms with van der Waals surface area (Å²) in [5.74, 6) is 0.720. The molecule has 2 aliphatic heterocycles. The van der Waals surface area contributed by atoms with Crippen LogP contribution in [0.15, 0.2) is 71.0 Å². The van der Waals surface area contributed by atoms with Crippen LogP contribution in [0.2, 0.25) is 0 Å². The molecule has 1 aromatic carbocycles. The summed E-state index contributed by atoms with van der Waals surface area (Å²) in [5.41, 5.74) is 3.70. The number of para-hydroxylation sites is 1. The van der Waals surface area contributed by atoms with Crippen LogP contribution >= 0.6 is 11.3 Å². The van der Waals surface area contributed by atoms with Gasteiger partial charge in [-0.2, -0.15) is 0 Å². The largest absolute Gasteiger partial charge is 0.376 e. The molecule has 6 nitrogen and oxygen atoms in total. The summed E-state index contributed by atoms with van der Waals surface area (Å²) in [4.78, 5) is 33.8. The quantitative estimate of drug-likeness (QED) is 0.473. The smallest absolute Gasteiger partial charge is 0.274 e. The fourth-order valence-electron chi connectivity index (χ4n) is 5.37. The average Bonchev–Trinajstić information content (AvgIpc) is 3.37. The molecule has 1 saturated heterocycles. The summed E-state index contributed by atoms with van der Waals surface area (Å²) in [6.45, 7) is 2.63. The molecule has 34 heavy (non-hydrogen) atoms. The second-order valence-corrected chi connectivity index (χ2v) is 10.4. The third-order valence-corrected chi connectivity index (χ3v) is 7.87. The number of pyridine rings is 2. The number of likely N-dealkylation sites (tertiary alicyclic amines) is 1. The molecule has 0 unspecified atom stereocenters. The molecule has 0 aliphatic carbocycles. The van der Waals surface area contributed by atoms with E-state index < -0.39 is 0 Å². The lowest BCUT2D eigenvalue weighted by Gasteiger charge is -2.43. The minimum Gasteiger partial charge on any atom is -0.376 e. The van der Waals surface area contributed by atoms with Gasteiger partial charge in [0.05, 0.1) is 11.9 Å². The van der Waals surface area contributed by atoms with Crippen LogP contribution in [-0.2, 0) is 24.3 Å². The van der Waals surface area contributed by atoms with E-state index in [-0.39, 0.29) is 17.4 Å². The van der Waals surface area contributed by atoms with Crippen molar-refractivity contribution in [2.45, 2.75) is 31.8 Å². The molecule has 1 fully saturated rings. The summed E-state index contributed by atoms with van der Waals surface area (Å²) < 4.78 is 1.93. The van der Waals surface area contributed by atoms with Gasteiger partial charge in [0.2, 0.25) is 5.91 Å². The number of aromatic nitrogens is 2. The molecule has 0 radical (unpaired) electrons. The predicted molar refractivity (Wildman–Crippen MR) is 135 cm³/mol. The van der Waals surface area contributed by atoms with E-state index in [9.17, 15) is 9.59 Å². The zero-order valence-corrected chi connectivity index (χ0v) is 19.6. The first-order valence-corrected chi connectivity index (χ1v) is 12.6. The summed E-state index contributed by atoms with van der Waals surface area (Å²) in [6.07, 6.45) is 3.37. The number of nitrogens with one attached hydrogen (secondary N) is 1. The number of fused-ring (bicyclic) bond motifs is 5. The van der Waals surface area contributed by atoms with Crippen molar-refractivity contribution in [2.75, 3.05) is 18.4 Å². The number of piperidine rings is 1. The molecule has 7 heteroatoms. The number of nitrogens with zero attached hydrogens (tertiary/aromatic N) is 3. The van der Waals surface area contributed by atoms with Crippen LogP contribution in [0, 0.1) is 5.92 Å². The highest BCUT2D eigenvalue weighted by Gasteiger charge is 2.36. The van der Waals surface area contributed by atoms with Gasteiger partial charge < -0.3 is 14.8 Å². The number of thiophene rings is 1. The van der Waals surface area contributed by atoms with E-state index in [1.54, 1.807) is 11.3 Å². The first kappa shape index (κ1) is 21.1. The van der Waals surface area contributed by atoms with Gasteiger partial charge in [0.25, 0.3) is 5.56 Å². The summed E-state index contributed by atoms with van der Waals surface area (Å²) in [5, 5.41) is 6.43. The van der Waals surface area contributed by atoms with Gasteiger partial charge in [-0.15, -0.1) is 11.3 Å². The highest BCUT2D eigenvalue weighted by Crippen LogP contribution is 2.35. The predicted octanol–water partition coefficient (Wildman–Crippen LogP) is 4.26. The number of rotatable bonds is 5. The first-order chi connectivity index (χ1) is 16.6. The van der Waals surface area contributed by atoms with E-state index >= 15 is 0 Å². The van der Waals surface area contributed by atoms with Gasteiger partial charge in [-0.1, -0.05) is 24.3 Å². The molecule has 5 heterocycles. The first-order valence-electron chi connectivity index (χ1n) is 11.8. The molecule has 1 amide bonds. The highest BCUT2D eigenvalue weighted by molar-refractivity contribution is 7.10. The molecular weight excluding hydrogens is 444 g/mol. The van der Waals surface area contributed by atoms with Crippen molar-refractivity contribution >= 4 is 33.8 Å². The van der Waals surface area contributed by atoms with Crippen molar-refractivity contribution in [1.82, 2.24) is 14.5 Å². The maximum absolute atomic E-state index is 13.3. The van der Waals surface area contributed by atoms with E-state index in [1.807, 2.05) is 63.5 Å². The Morgan fingerprint density at radius 2 is 2.00 bits per heavy atom. The van der Waals surface area contributed by atoms with Gasteiger partial charge in [0, 0.05) is 54.3 Å². The van der Waals surface area contributed by atoms with Crippen molar-refractivity contribution in [3.63, 3.8) is 0 Å². The van der Waals surface area contributed by atoms with Gasteiger partial charge in [-0.05, 0) is 53.6 Å². The zero-order valence-electron chi connectivity index (χ0n) is 18.8. The van der Waals surface area contributed by atoms with Gasteiger partial charge in [0.15, 0.2) is 0 Å². The molecule has 172 valence electrons. The summed E-state index contributed by atoms with van der Waals surface area (Å²) in [7, 11) is 0. The Bertz CT molecular complexity index is 1410. The van der Waals surface area contributed by atoms with Crippen LogP contribution in [-0.4, -0.2) is 33.4 Å². The molecule has 0 saturated carbocycles. The van der Waals surface area contributed by atoms with Crippen LogP contribution in [0.4, 0.5) is 5.69 Å². The molecule has 2 atom stereocenters. The minimum absolute atomic E-state index is 0.0271.